The molecule has 0 aromatic heterocycles. The van der Waals surface area contributed by atoms with Gasteiger partial charge in [0, 0.05) is 6.10 Å². The van der Waals surface area contributed by atoms with Gasteiger partial charge in [-0.15, -0.1) is 0 Å². The van der Waals surface area contributed by atoms with Crippen molar-refractivity contribution < 1.29 is 23.9 Å². The normalized spacial score (nSPS) is 38.5. The number of hydrogen-bond donors (Lipinski definition) is 2. The van der Waals surface area contributed by atoms with Gasteiger partial charge in [-0.2, -0.15) is 0 Å². The minimum Gasteiger partial charge on any atom is -0.480 e. The highest BCUT2D eigenvalue weighted by atomic mass is 28.4. The van der Waals surface area contributed by atoms with Crippen LogP contribution in [-0.4, -0.2) is 43.2 Å². The number of fused-ring (bicyclic) bond motifs is 5. The molecular weight excluding hydrogens is 542 g/mol. The highest BCUT2D eigenvalue weighted by Gasteiger charge is 2.61. The van der Waals surface area contributed by atoms with Crippen molar-refractivity contribution >= 4 is 20.4 Å². The van der Waals surface area contributed by atoms with Gasteiger partial charge in [0.1, 0.15) is 11.6 Å². The van der Waals surface area contributed by atoms with Crippen molar-refractivity contribution in [3.63, 3.8) is 0 Å². The van der Waals surface area contributed by atoms with Crippen molar-refractivity contribution in [3.8, 4) is 0 Å². The molecule has 42 heavy (non-hydrogen) atoms. The third-order valence-electron chi connectivity index (χ3n) is 13.2. The molecule has 0 aromatic rings. The number of rotatable bonds is 7. The lowest BCUT2D eigenvalue weighted by atomic mass is 9.44. The summed E-state index contributed by atoms with van der Waals surface area (Å²) in [4.78, 5) is 24.5. The molecule has 0 heterocycles. The Morgan fingerprint density at radius 1 is 0.929 bits per heavy atom. The maximum atomic E-state index is 12.4. The lowest BCUT2D eigenvalue weighted by Crippen LogP contribution is -2.55. The minimum absolute atomic E-state index is 0.224. The van der Waals surface area contributed by atoms with Gasteiger partial charge in [0.05, 0.1) is 0 Å². The summed E-state index contributed by atoms with van der Waals surface area (Å²) >= 11 is 0. The molecule has 4 aliphatic carbocycles. The van der Waals surface area contributed by atoms with Crippen molar-refractivity contribution in [2.45, 2.75) is 162 Å². The highest BCUT2D eigenvalue weighted by Crippen LogP contribution is 2.68. The molecule has 0 radical (unpaired) electrons. The van der Waals surface area contributed by atoms with E-state index in [1.54, 1.807) is 20.8 Å². The standard InChI is InChI=1S/C35H63NO5Si/c1-22(20-29(30(37)38)36-31(39)40-32(2,3)4)26-14-15-27-25-13-12-23-21-24(41-42(10,11)33(5,6)7)16-18-34(23,8)28(25)17-19-35(26,27)9/h22-29H,12-21H2,1-11H3,(H,36,39)(H,37,38)/t22-,23-,24-,25+,26-,27+,28+,29+,34+,35-/m1/s1. The number of ether oxygens (including phenoxy) is 1. The second-order valence-electron chi connectivity index (χ2n) is 17.9. The molecule has 0 bridgehead atoms. The minimum atomic E-state index is -1.76. The molecular formula is C35H63NO5Si. The van der Waals surface area contributed by atoms with Crippen LogP contribution in [0.4, 0.5) is 4.79 Å². The van der Waals surface area contributed by atoms with Crippen LogP contribution in [0.2, 0.25) is 18.1 Å². The Kier molecular flexibility index (Phi) is 9.41. The fourth-order valence-electron chi connectivity index (χ4n) is 10.1. The maximum absolute atomic E-state index is 12.4. The van der Waals surface area contributed by atoms with Crippen molar-refractivity contribution in [2.75, 3.05) is 0 Å². The molecule has 242 valence electrons. The van der Waals surface area contributed by atoms with Crippen LogP contribution in [0.25, 0.3) is 0 Å². The molecule has 0 aliphatic heterocycles. The Bertz CT molecular complexity index is 1000. The monoisotopic (exact) mass is 605 g/mol. The SMILES string of the molecule is C[C@H](C[C@H](NC(=O)OC(C)(C)C)C(=O)O)[C@H]1CC[C@H]2[C@@H]3CC[C@@H]4C[C@H](O[Si](C)(C)C(C)(C)C)CC[C@]4(C)[C@H]3CC[C@]12C. The number of hydrogen-bond acceptors (Lipinski definition) is 4. The van der Waals surface area contributed by atoms with Crippen molar-refractivity contribution in [1.29, 1.82) is 0 Å². The average Bonchev–Trinajstić information content (AvgIpc) is 3.19. The number of alkyl carbamates (subject to hydrolysis) is 1. The molecule has 0 spiro atoms. The van der Waals surface area contributed by atoms with E-state index in [1.165, 1.54) is 57.8 Å². The van der Waals surface area contributed by atoms with Gasteiger partial charge in [0.2, 0.25) is 0 Å². The highest BCUT2D eigenvalue weighted by molar-refractivity contribution is 6.74. The first-order valence-electron chi connectivity index (χ1n) is 17.1. The molecule has 4 aliphatic rings. The van der Waals surface area contributed by atoms with Gasteiger partial charge in [0.15, 0.2) is 8.32 Å². The molecule has 0 aromatic carbocycles. The lowest BCUT2D eigenvalue weighted by Gasteiger charge is -2.61. The second kappa shape index (κ2) is 11.7. The zero-order valence-corrected chi connectivity index (χ0v) is 29.8. The van der Waals surface area contributed by atoms with Crippen molar-refractivity contribution in [3.05, 3.63) is 0 Å². The van der Waals surface area contributed by atoms with Crippen molar-refractivity contribution in [1.82, 2.24) is 5.32 Å². The number of carboxylic acids is 1. The number of carboxylic acid groups (broad SMARTS) is 1. The molecule has 0 saturated heterocycles. The summed E-state index contributed by atoms with van der Waals surface area (Å²) in [5.74, 6) is 2.83. The van der Waals surface area contributed by atoms with Crippen LogP contribution in [-0.2, 0) is 14.0 Å². The summed E-state index contributed by atoms with van der Waals surface area (Å²) in [7, 11) is -1.76. The number of aliphatic carboxylic acids is 1. The number of carbonyl (C=O) groups is 2. The Labute approximate surface area is 258 Å². The van der Waals surface area contributed by atoms with Gasteiger partial charge in [-0.1, -0.05) is 41.5 Å². The fourth-order valence-corrected chi connectivity index (χ4v) is 11.5. The van der Waals surface area contributed by atoms with Gasteiger partial charge in [-0.3, -0.25) is 0 Å². The summed E-state index contributed by atoms with van der Waals surface area (Å²) in [5, 5.41) is 12.9. The molecule has 2 N–H and O–H groups in total. The maximum Gasteiger partial charge on any atom is 0.408 e. The van der Waals surface area contributed by atoms with Crippen LogP contribution in [0, 0.1) is 46.3 Å². The van der Waals surface area contributed by atoms with Gasteiger partial charge >= 0.3 is 12.1 Å². The Morgan fingerprint density at radius 3 is 2.14 bits per heavy atom. The predicted molar refractivity (Wildman–Crippen MR) is 172 cm³/mol. The molecule has 1 amide bonds. The summed E-state index contributed by atoms with van der Waals surface area (Å²) in [6.45, 7) is 24.6. The first-order valence-corrected chi connectivity index (χ1v) is 20.0. The van der Waals surface area contributed by atoms with E-state index in [4.69, 9.17) is 9.16 Å². The zero-order chi connectivity index (χ0) is 31.5. The van der Waals surface area contributed by atoms with Gasteiger partial charge in [0.25, 0.3) is 0 Å². The van der Waals surface area contributed by atoms with Gasteiger partial charge in [-0.25, -0.2) is 9.59 Å². The lowest BCUT2D eigenvalue weighted by molar-refractivity contribution is -0.140. The van der Waals surface area contributed by atoms with Crippen molar-refractivity contribution in [2.24, 2.45) is 46.3 Å². The Morgan fingerprint density at radius 2 is 1.55 bits per heavy atom. The van der Waals surface area contributed by atoms with Crippen LogP contribution < -0.4 is 5.32 Å². The topological polar surface area (TPSA) is 84.9 Å². The first kappa shape index (κ1) is 33.8. The fraction of sp³-hybridized carbons (Fsp3) is 0.943. The van der Waals surface area contributed by atoms with E-state index >= 15 is 0 Å². The van der Waals surface area contributed by atoms with Crippen LogP contribution in [0.3, 0.4) is 0 Å². The Hall–Kier alpha value is -1.08. The quantitative estimate of drug-likeness (QED) is 0.283. The average molecular weight is 606 g/mol. The van der Waals surface area contributed by atoms with Crippen LogP contribution in [0.1, 0.15) is 127 Å². The van der Waals surface area contributed by atoms with E-state index in [0.29, 0.717) is 23.9 Å². The first-order chi connectivity index (χ1) is 19.2. The van der Waals surface area contributed by atoms with Crippen LogP contribution in [0.5, 0.6) is 0 Å². The number of amides is 1. The summed E-state index contributed by atoms with van der Waals surface area (Å²) in [6, 6.07) is -0.924. The van der Waals surface area contributed by atoms with E-state index in [1.807, 2.05) is 0 Å². The molecule has 7 heteroatoms. The molecule has 4 fully saturated rings. The third kappa shape index (κ3) is 6.62. The summed E-state index contributed by atoms with van der Waals surface area (Å²) < 4.78 is 12.3. The number of carbonyl (C=O) groups excluding carboxylic acids is 1. The predicted octanol–water partition coefficient (Wildman–Crippen LogP) is 9.04. The Balaban J connectivity index is 1.41. The number of nitrogens with one attached hydrogen (secondary N) is 1. The smallest absolute Gasteiger partial charge is 0.408 e. The second-order valence-corrected chi connectivity index (χ2v) is 22.7. The summed E-state index contributed by atoms with van der Waals surface area (Å²) in [5.41, 5.74) is 0.0184. The van der Waals surface area contributed by atoms with Crippen LogP contribution in [0.15, 0.2) is 0 Å². The zero-order valence-electron chi connectivity index (χ0n) is 28.8. The molecule has 4 saturated carbocycles. The van der Waals surface area contributed by atoms with E-state index in [9.17, 15) is 14.7 Å². The molecule has 10 atom stereocenters. The van der Waals surface area contributed by atoms with E-state index in [0.717, 1.165) is 23.7 Å². The van der Waals surface area contributed by atoms with Gasteiger partial charge < -0.3 is 19.6 Å². The molecule has 4 rings (SSSR count). The molecule has 6 nitrogen and oxygen atoms in total. The van der Waals surface area contributed by atoms with E-state index in [2.05, 4.69) is 60.0 Å². The summed E-state index contributed by atoms with van der Waals surface area (Å²) in [6.07, 6.45) is 11.7. The largest absolute Gasteiger partial charge is 0.480 e. The van der Waals surface area contributed by atoms with Crippen LogP contribution >= 0.6 is 0 Å². The molecule has 0 unspecified atom stereocenters. The van der Waals surface area contributed by atoms with Gasteiger partial charge in [-0.05, 0) is 149 Å². The van der Waals surface area contributed by atoms with E-state index in [-0.39, 0.29) is 16.4 Å². The third-order valence-corrected chi connectivity index (χ3v) is 17.8. The van der Waals surface area contributed by atoms with E-state index < -0.39 is 32.0 Å².